The van der Waals surface area contributed by atoms with Gasteiger partial charge in [-0.25, -0.2) is 0 Å². The van der Waals surface area contributed by atoms with Gasteiger partial charge in [0.05, 0.1) is 13.2 Å². The van der Waals surface area contributed by atoms with E-state index < -0.39 is 17.6 Å². The lowest BCUT2D eigenvalue weighted by molar-refractivity contribution is -0.141. The van der Waals surface area contributed by atoms with Crippen molar-refractivity contribution < 1.29 is 19.4 Å². The molecule has 2 rings (SSSR count). The van der Waals surface area contributed by atoms with E-state index in [1.807, 2.05) is 30.3 Å². The number of nitrogens with one attached hydrogen (secondary N) is 2. The molecule has 1 fully saturated rings. The van der Waals surface area contributed by atoms with Crippen LogP contribution in [-0.2, 0) is 20.1 Å². The summed E-state index contributed by atoms with van der Waals surface area (Å²) in [6.45, 7) is 8.38. The van der Waals surface area contributed by atoms with Gasteiger partial charge in [-0.15, -0.1) is 0 Å². The molecule has 7 nitrogen and oxygen atoms in total. The molecule has 1 aromatic carbocycles. The number of carbonyl (C=O) groups excluding carboxylic acids is 2. The van der Waals surface area contributed by atoms with E-state index in [9.17, 15) is 14.7 Å². The van der Waals surface area contributed by atoms with Crippen molar-refractivity contribution in [1.82, 2.24) is 15.5 Å². The molecule has 192 valence electrons. The van der Waals surface area contributed by atoms with E-state index in [4.69, 9.17) is 4.74 Å². The molecule has 0 bridgehead atoms. The smallest absolute Gasteiger partial charge is 0.235 e. The summed E-state index contributed by atoms with van der Waals surface area (Å²) < 4.78 is 5.42. The molecule has 34 heavy (non-hydrogen) atoms. The molecule has 3 N–H and O–H groups in total. The largest absolute Gasteiger partial charge is 0.379 e. The van der Waals surface area contributed by atoms with E-state index in [2.05, 4.69) is 29.4 Å². The number of aliphatic hydroxyl groups is 1. The normalized spacial score (nSPS) is 17.0. The average Bonchev–Trinajstić information content (AvgIpc) is 2.86. The van der Waals surface area contributed by atoms with E-state index in [1.54, 1.807) is 0 Å². The molecule has 1 aliphatic heterocycles. The lowest BCUT2D eigenvalue weighted by Gasteiger charge is -2.34. The number of morpholine rings is 1. The summed E-state index contributed by atoms with van der Waals surface area (Å²) in [5.74, 6) is -1.46. The molecule has 1 heterocycles. The Hall–Kier alpha value is -1.96. The Labute approximate surface area is 205 Å². The van der Waals surface area contributed by atoms with Crippen LogP contribution in [0.5, 0.6) is 0 Å². The van der Waals surface area contributed by atoms with E-state index in [0.717, 1.165) is 58.0 Å². The molecule has 0 aromatic heterocycles. The van der Waals surface area contributed by atoms with Crippen molar-refractivity contribution in [3.63, 3.8) is 0 Å². The van der Waals surface area contributed by atoms with Gasteiger partial charge < -0.3 is 20.5 Å². The molecule has 2 atom stereocenters. The Balaban J connectivity index is 2.11. The second-order valence-corrected chi connectivity index (χ2v) is 9.32. The number of hydrogen-bond acceptors (Lipinski definition) is 5. The van der Waals surface area contributed by atoms with E-state index >= 15 is 0 Å². The molecule has 1 aromatic rings. The lowest BCUT2D eigenvalue weighted by Crippen LogP contribution is -2.52. The van der Waals surface area contributed by atoms with Crippen LogP contribution < -0.4 is 10.6 Å². The number of rotatable bonds is 16. The molecule has 1 saturated heterocycles. The number of carbonyl (C=O) groups is 2. The maximum atomic E-state index is 13.4. The van der Waals surface area contributed by atoms with Crippen LogP contribution in [0.25, 0.3) is 0 Å². The van der Waals surface area contributed by atoms with Gasteiger partial charge in [-0.1, -0.05) is 82.7 Å². The van der Waals surface area contributed by atoms with Crippen molar-refractivity contribution in [2.24, 2.45) is 5.92 Å². The number of unbranched alkanes of at least 4 members (excludes halogenated alkanes) is 5. The molecule has 2 amide bonds. The third-order valence-corrected chi connectivity index (χ3v) is 6.53. The zero-order valence-corrected chi connectivity index (χ0v) is 21.2. The van der Waals surface area contributed by atoms with Gasteiger partial charge >= 0.3 is 0 Å². The lowest BCUT2D eigenvalue weighted by atomic mass is 9.94. The monoisotopic (exact) mass is 475 g/mol. The summed E-state index contributed by atoms with van der Waals surface area (Å²) in [5, 5.41) is 17.4. The van der Waals surface area contributed by atoms with Crippen molar-refractivity contribution >= 4 is 11.8 Å². The Morgan fingerprint density at radius 3 is 2.35 bits per heavy atom. The molecule has 0 spiro atoms. The highest BCUT2D eigenvalue weighted by molar-refractivity contribution is 6.00. The number of hydrogen-bond donors (Lipinski definition) is 3. The minimum absolute atomic E-state index is 0.245. The molecule has 0 radical (unpaired) electrons. The fraction of sp³-hybridized carbons (Fsp3) is 0.704. The zero-order valence-electron chi connectivity index (χ0n) is 21.2. The fourth-order valence-electron chi connectivity index (χ4n) is 4.27. The Morgan fingerprint density at radius 1 is 1.00 bits per heavy atom. The van der Waals surface area contributed by atoms with Crippen molar-refractivity contribution in [3.8, 4) is 0 Å². The number of amides is 2. The van der Waals surface area contributed by atoms with Crippen molar-refractivity contribution in [2.75, 3.05) is 39.4 Å². The van der Waals surface area contributed by atoms with Gasteiger partial charge in [-0.05, 0) is 12.8 Å². The maximum Gasteiger partial charge on any atom is 0.235 e. The first-order chi connectivity index (χ1) is 16.5. The minimum atomic E-state index is -1.54. The summed E-state index contributed by atoms with van der Waals surface area (Å²) in [6, 6.07) is 9.23. The predicted octanol–water partition coefficient (Wildman–Crippen LogP) is 3.56. The van der Waals surface area contributed by atoms with Crippen LogP contribution in [0, 0.1) is 5.92 Å². The summed E-state index contributed by atoms with van der Waals surface area (Å²) in [7, 11) is 0. The van der Waals surface area contributed by atoms with Crippen LogP contribution in [0.3, 0.4) is 0 Å². The van der Waals surface area contributed by atoms with Crippen LogP contribution in [-0.4, -0.2) is 61.2 Å². The SMILES string of the molecule is CCCCCCC[C@@H](C(=O)NCCCC)C(=O)N[C@](O)(CCN1CCOCC1)c1ccccc1. The molecule has 0 unspecified atom stereocenters. The average molecular weight is 476 g/mol. The first-order valence-electron chi connectivity index (χ1n) is 13.2. The summed E-state index contributed by atoms with van der Waals surface area (Å²) in [4.78, 5) is 28.6. The van der Waals surface area contributed by atoms with Crippen molar-refractivity contribution in [3.05, 3.63) is 35.9 Å². The van der Waals surface area contributed by atoms with Gasteiger partial charge in [0, 0.05) is 38.2 Å². The molecule has 7 heteroatoms. The molecule has 0 saturated carbocycles. The quantitative estimate of drug-likeness (QED) is 0.193. The van der Waals surface area contributed by atoms with Gasteiger partial charge in [0.25, 0.3) is 0 Å². The van der Waals surface area contributed by atoms with Crippen LogP contribution in [0.4, 0.5) is 0 Å². The Bertz CT molecular complexity index is 709. The molecular formula is C27H45N3O4. The summed E-state index contributed by atoms with van der Waals surface area (Å²) in [5.41, 5.74) is -0.912. The van der Waals surface area contributed by atoms with Crippen LogP contribution in [0.1, 0.15) is 77.2 Å². The highest BCUT2D eigenvalue weighted by Gasteiger charge is 2.36. The number of benzene rings is 1. The third kappa shape index (κ3) is 9.72. The van der Waals surface area contributed by atoms with E-state index in [0.29, 0.717) is 44.7 Å². The van der Waals surface area contributed by atoms with Crippen molar-refractivity contribution in [2.45, 2.75) is 77.4 Å². The van der Waals surface area contributed by atoms with Crippen LogP contribution >= 0.6 is 0 Å². The maximum absolute atomic E-state index is 13.4. The van der Waals surface area contributed by atoms with Crippen LogP contribution in [0.2, 0.25) is 0 Å². The number of nitrogens with zero attached hydrogens (tertiary/aromatic N) is 1. The first kappa shape index (κ1) is 28.3. The summed E-state index contributed by atoms with van der Waals surface area (Å²) in [6.07, 6.45) is 7.91. The van der Waals surface area contributed by atoms with Gasteiger partial charge in [0.2, 0.25) is 11.8 Å². The first-order valence-corrected chi connectivity index (χ1v) is 13.2. The molecular weight excluding hydrogens is 430 g/mol. The molecule has 1 aliphatic rings. The summed E-state index contributed by atoms with van der Waals surface area (Å²) >= 11 is 0. The minimum Gasteiger partial charge on any atom is -0.379 e. The van der Waals surface area contributed by atoms with E-state index in [1.165, 1.54) is 0 Å². The van der Waals surface area contributed by atoms with Gasteiger partial charge in [0.15, 0.2) is 5.72 Å². The Kier molecular flexibility index (Phi) is 13.2. The van der Waals surface area contributed by atoms with Gasteiger partial charge in [-0.2, -0.15) is 0 Å². The predicted molar refractivity (Wildman–Crippen MR) is 135 cm³/mol. The topological polar surface area (TPSA) is 90.9 Å². The fourth-order valence-corrected chi connectivity index (χ4v) is 4.27. The molecule has 0 aliphatic carbocycles. The number of ether oxygens (including phenoxy) is 1. The van der Waals surface area contributed by atoms with E-state index in [-0.39, 0.29) is 5.91 Å². The Morgan fingerprint density at radius 2 is 1.68 bits per heavy atom. The second-order valence-electron chi connectivity index (χ2n) is 9.32. The van der Waals surface area contributed by atoms with Crippen LogP contribution in [0.15, 0.2) is 30.3 Å². The highest BCUT2D eigenvalue weighted by atomic mass is 16.5. The zero-order chi connectivity index (χ0) is 24.7. The van der Waals surface area contributed by atoms with Crippen molar-refractivity contribution in [1.29, 1.82) is 0 Å². The highest BCUT2D eigenvalue weighted by Crippen LogP contribution is 2.24. The standard InChI is InChI=1S/C27H45N3O4/c1-3-5-7-8-12-15-24(25(31)28-17-6-4-2)26(32)29-27(33,23-13-10-9-11-14-23)16-18-30-19-21-34-22-20-30/h9-11,13-14,24,33H,3-8,12,15-22H2,1-2H3,(H,28,31)(H,29,32)/t24-,27-/m0/s1. The van der Waals surface area contributed by atoms with Gasteiger partial charge in [-0.3, -0.25) is 14.5 Å². The second kappa shape index (κ2) is 15.8. The van der Waals surface area contributed by atoms with Gasteiger partial charge in [0.1, 0.15) is 5.92 Å². The third-order valence-electron chi connectivity index (χ3n) is 6.53.